The third-order valence-corrected chi connectivity index (χ3v) is 8.73. The third kappa shape index (κ3) is 6.50. The molecule has 3 aromatic rings. The summed E-state index contributed by atoms with van der Waals surface area (Å²) in [5.74, 6) is 0.289. The van der Waals surface area contributed by atoms with E-state index in [1.165, 1.54) is 0 Å². The second-order valence-electron chi connectivity index (χ2n) is 8.60. The second kappa shape index (κ2) is 10.8. The fourth-order valence-corrected chi connectivity index (χ4v) is 6.45. The summed E-state index contributed by atoms with van der Waals surface area (Å²) in [4.78, 5) is 14.8. The maximum Gasteiger partial charge on any atom is 0.261 e. The summed E-state index contributed by atoms with van der Waals surface area (Å²) < 4.78 is 30.0. The highest BCUT2D eigenvalue weighted by Gasteiger charge is 2.34. The Hall–Kier alpha value is -2.25. The lowest BCUT2D eigenvalue weighted by Gasteiger charge is -2.28. The van der Waals surface area contributed by atoms with Crippen LogP contribution >= 0.6 is 34.8 Å². The van der Waals surface area contributed by atoms with Gasteiger partial charge in [-0.3, -0.25) is 4.79 Å². The first-order chi connectivity index (χ1) is 16.6. The molecule has 0 saturated carbocycles. The number of ether oxygens (including phenoxy) is 1. The van der Waals surface area contributed by atoms with E-state index in [-0.39, 0.29) is 30.6 Å². The van der Waals surface area contributed by atoms with Crippen molar-refractivity contribution in [2.75, 3.05) is 18.1 Å². The number of carbonyl (C=O) groups excluding carboxylic acids is 1. The highest BCUT2D eigenvalue weighted by atomic mass is 35.5. The van der Waals surface area contributed by atoms with Gasteiger partial charge in [-0.1, -0.05) is 65.1 Å². The van der Waals surface area contributed by atoms with Crippen LogP contribution in [0, 0.1) is 6.92 Å². The third-order valence-electron chi connectivity index (χ3n) is 6.01. The lowest BCUT2D eigenvalue weighted by molar-refractivity contribution is -0.136. The summed E-state index contributed by atoms with van der Waals surface area (Å²) in [5, 5.41) is 1.73. The van der Waals surface area contributed by atoms with Crippen molar-refractivity contribution in [1.82, 2.24) is 4.90 Å². The molecule has 4 rings (SSSR count). The van der Waals surface area contributed by atoms with E-state index >= 15 is 0 Å². The molecule has 1 atom stereocenters. The molecule has 1 aliphatic heterocycles. The van der Waals surface area contributed by atoms with Crippen LogP contribution in [-0.4, -0.2) is 43.4 Å². The van der Waals surface area contributed by atoms with Gasteiger partial charge >= 0.3 is 0 Å². The van der Waals surface area contributed by atoms with Crippen LogP contribution < -0.4 is 4.74 Å². The molecule has 184 valence electrons. The quantitative estimate of drug-likeness (QED) is 0.349. The molecule has 3 aromatic carbocycles. The molecule has 1 aliphatic rings. The minimum Gasteiger partial charge on any atom is -0.484 e. The van der Waals surface area contributed by atoms with Crippen LogP contribution in [-0.2, 0) is 21.2 Å². The largest absolute Gasteiger partial charge is 0.484 e. The van der Waals surface area contributed by atoms with Crippen LogP contribution in [0.5, 0.6) is 5.75 Å². The van der Waals surface area contributed by atoms with Crippen LogP contribution in [0.3, 0.4) is 0 Å². The molecule has 1 heterocycles. The van der Waals surface area contributed by atoms with Gasteiger partial charge in [-0.25, -0.2) is 8.42 Å². The van der Waals surface area contributed by atoms with Gasteiger partial charge in [0.15, 0.2) is 16.4 Å². The van der Waals surface area contributed by atoms with E-state index in [4.69, 9.17) is 39.5 Å². The van der Waals surface area contributed by atoms with Gasteiger partial charge in [0.2, 0.25) is 0 Å². The first-order valence-electron chi connectivity index (χ1n) is 11.0. The zero-order chi connectivity index (χ0) is 25.2. The number of amides is 1. The van der Waals surface area contributed by atoms with Crippen molar-refractivity contribution >= 4 is 50.5 Å². The van der Waals surface area contributed by atoms with E-state index < -0.39 is 15.9 Å². The number of halogens is 3. The summed E-state index contributed by atoms with van der Waals surface area (Å²) in [7, 11) is -3.17. The Bertz CT molecular complexity index is 1340. The normalized spacial score (nSPS) is 16.7. The SMILES string of the molecule is Cc1cc(OCC(=O)N(Cc2ccc(-c3ccc(Cl)cc3Cl)cc2)C2CCS(=O)(=O)C2)ccc1Cl. The topological polar surface area (TPSA) is 63.7 Å². The van der Waals surface area contributed by atoms with Gasteiger partial charge in [-0.2, -0.15) is 0 Å². The van der Waals surface area contributed by atoms with E-state index in [0.29, 0.717) is 27.2 Å². The van der Waals surface area contributed by atoms with Crippen LogP contribution in [0.1, 0.15) is 17.5 Å². The predicted octanol–water partition coefficient (Wildman–Crippen LogP) is 6.22. The summed E-state index contributed by atoms with van der Waals surface area (Å²) in [6.07, 6.45) is 0.409. The van der Waals surface area contributed by atoms with Crippen molar-refractivity contribution in [1.29, 1.82) is 0 Å². The van der Waals surface area contributed by atoms with E-state index in [1.807, 2.05) is 37.3 Å². The smallest absolute Gasteiger partial charge is 0.261 e. The number of hydrogen-bond acceptors (Lipinski definition) is 4. The predicted molar refractivity (Wildman–Crippen MR) is 141 cm³/mol. The monoisotopic (exact) mass is 551 g/mol. The zero-order valence-electron chi connectivity index (χ0n) is 19.0. The first kappa shape index (κ1) is 25.8. The van der Waals surface area contributed by atoms with Crippen molar-refractivity contribution in [2.45, 2.75) is 25.9 Å². The van der Waals surface area contributed by atoms with Crippen molar-refractivity contribution in [3.8, 4) is 16.9 Å². The average Bonchev–Trinajstić information content (AvgIpc) is 3.18. The minimum absolute atomic E-state index is 0.0444. The van der Waals surface area contributed by atoms with Crippen molar-refractivity contribution in [3.63, 3.8) is 0 Å². The van der Waals surface area contributed by atoms with Crippen molar-refractivity contribution in [3.05, 3.63) is 86.9 Å². The van der Waals surface area contributed by atoms with Gasteiger partial charge in [-0.05, 0) is 60.4 Å². The van der Waals surface area contributed by atoms with Gasteiger partial charge < -0.3 is 9.64 Å². The van der Waals surface area contributed by atoms with Crippen molar-refractivity contribution in [2.24, 2.45) is 0 Å². The van der Waals surface area contributed by atoms with Crippen LogP contribution in [0.25, 0.3) is 11.1 Å². The molecule has 0 spiro atoms. The number of aryl methyl sites for hydroxylation is 1. The summed E-state index contributed by atoms with van der Waals surface area (Å²) in [6.45, 7) is 1.93. The summed E-state index contributed by atoms with van der Waals surface area (Å²) >= 11 is 18.4. The summed E-state index contributed by atoms with van der Waals surface area (Å²) in [6, 6.07) is 17.8. The van der Waals surface area contributed by atoms with Gasteiger partial charge in [0.25, 0.3) is 5.91 Å². The molecule has 0 radical (unpaired) electrons. The molecule has 0 aromatic heterocycles. The molecule has 0 N–H and O–H groups in total. The molecule has 5 nitrogen and oxygen atoms in total. The zero-order valence-corrected chi connectivity index (χ0v) is 22.1. The second-order valence-corrected chi connectivity index (χ2v) is 12.1. The highest BCUT2D eigenvalue weighted by molar-refractivity contribution is 7.91. The Labute approximate surface area is 220 Å². The number of hydrogen-bond donors (Lipinski definition) is 0. The molecular weight excluding hydrogens is 529 g/mol. The Morgan fingerprint density at radius 3 is 2.37 bits per heavy atom. The molecule has 35 heavy (non-hydrogen) atoms. The van der Waals surface area contributed by atoms with Gasteiger partial charge in [0.05, 0.1) is 11.5 Å². The maximum atomic E-state index is 13.2. The lowest BCUT2D eigenvalue weighted by Crippen LogP contribution is -2.43. The molecule has 9 heteroatoms. The first-order valence-corrected chi connectivity index (χ1v) is 14.0. The number of sulfone groups is 1. The minimum atomic E-state index is -3.17. The molecule has 1 saturated heterocycles. The maximum absolute atomic E-state index is 13.2. The number of carbonyl (C=O) groups is 1. The van der Waals surface area contributed by atoms with E-state index in [0.717, 1.165) is 22.3 Å². The van der Waals surface area contributed by atoms with Gasteiger partial charge in [-0.15, -0.1) is 0 Å². The Kier molecular flexibility index (Phi) is 7.96. The molecular formula is C26H24Cl3NO4S. The number of nitrogens with zero attached hydrogens (tertiary/aromatic N) is 1. The Morgan fingerprint density at radius 1 is 1.00 bits per heavy atom. The van der Waals surface area contributed by atoms with Crippen molar-refractivity contribution < 1.29 is 17.9 Å². The Morgan fingerprint density at radius 2 is 1.74 bits per heavy atom. The molecule has 1 fully saturated rings. The molecule has 1 unspecified atom stereocenters. The van der Waals surface area contributed by atoms with Crippen LogP contribution in [0.2, 0.25) is 15.1 Å². The van der Waals surface area contributed by atoms with Gasteiger partial charge in [0, 0.05) is 33.2 Å². The molecule has 0 bridgehead atoms. The number of benzene rings is 3. The van der Waals surface area contributed by atoms with Crippen LogP contribution in [0.15, 0.2) is 60.7 Å². The Balaban J connectivity index is 1.51. The van der Waals surface area contributed by atoms with Gasteiger partial charge in [0.1, 0.15) is 5.75 Å². The average molecular weight is 553 g/mol. The molecule has 0 aliphatic carbocycles. The van der Waals surface area contributed by atoms with E-state index in [2.05, 4.69) is 0 Å². The van der Waals surface area contributed by atoms with Crippen LogP contribution in [0.4, 0.5) is 0 Å². The highest BCUT2D eigenvalue weighted by Crippen LogP contribution is 2.31. The fraction of sp³-hybridized carbons (Fsp3) is 0.269. The lowest BCUT2D eigenvalue weighted by atomic mass is 10.0. The number of rotatable bonds is 7. The molecule has 1 amide bonds. The standard InChI is InChI=1S/C26H24Cl3NO4S/c1-17-12-22(7-9-24(17)28)34-15-26(31)30(21-10-11-35(32,33)16-21)14-18-2-4-19(5-3-18)23-8-6-20(27)13-25(23)29/h2-9,12-13,21H,10-11,14-16H2,1H3. The van der Waals surface area contributed by atoms with E-state index in [9.17, 15) is 13.2 Å². The fourth-order valence-electron chi connectivity index (χ4n) is 4.09. The summed E-state index contributed by atoms with van der Waals surface area (Å²) in [5.41, 5.74) is 3.48. The van der Waals surface area contributed by atoms with E-state index in [1.54, 1.807) is 35.2 Å².